The number of nitrogens with zero attached hydrogens (tertiary/aromatic N) is 1. The molecule has 0 aliphatic carbocycles. The molecule has 17 heavy (non-hydrogen) atoms. The van der Waals surface area contributed by atoms with Crippen LogP contribution >= 0.6 is 12.4 Å². The second-order valence-electron chi connectivity index (χ2n) is 3.45. The standard InChI is InChI=1S/C9H15N3O3S.ClH/c1-7(10)8(13)6-12-16(14,15)9-4-2-3-5-11-9;/h2-5,7-8,12-13H,6,10H2,1H3;1H/t7-,8-;/m0./s1. The fourth-order valence-corrected chi connectivity index (χ4v) is 1.96. The van der Waals surface area contributed by atoms with Crippen LogP contribution in [0, 0.1) is 0 Å². The molecule has 1 aromatic heterocycles. The van der Waals surface area contributed by atoms with Crippen LogP contribution in [-0.4, -0.2) is 37.2 Å². The number of rotatable bonds is 5. The van der Waals surface area contributed by atoms with Crippen molar-refractivity contribution in [3.63, 3.8) is 0 Å². The van der Waals surface area contributed by atoms with Gasteiger partial charge in [-0.25, -0.2) is 18.1 Å². The van der Waals surface area contributed by atoms with E-state index in [9.17, 15) is 13.5 Å². The molecule has 0 bridgehead atoms. The summed E-state index contributed by atoms with van der Waals surface area (Å²) in [7, 11) is -3.67. The summed E-state index contributed by atoms with van der Waals surface area (Å²) in [4.78, 5) is 3.71. The van der Waals surface area contributed by atoms with Gasteiger partial charge in [-0.3, -0.25) is 0 Å². The Labute approximate surface area is 107 Å². The van der Waals surface area contributed by atoms with E-state index in [1.54, 1.807) is 19.1 Å². The monoisotopic (exact) mass is 281 g/mol. The predicted molar refractivity (Wildman–Crippen MR) is 66.3 cm³/mol. The highest BCUT2D eigenvalue weighted by molar-refractivity contribution is 7.89. The van der Waals surface area contributed by atoms with Crippen molar-refractivity contribution in [2.75, 3.05) is 6.54 Å². The third-order valence-corrected chi connectivity index (χ3v) is 3.34. The lowest BCUT2D eigenvalue weighted by Gasteiger charge is -2.14. The molecule has 0 aromatic carbocycles. The summed E-state index contributed by atoms with van der Waals surface area (Å²) >= 11 is 0. The smallest absolute Gasteiger partial charge is 0.258 e. The summed E-state index contributed by atoms with van der Waals surface area (Å²) in [5, 5.41) is 9.29. The number of nitrogens with two attached hydrogens (primary N) is 1. The predicted octanol–water partition coefficient (Wildman–Crippen LogP) is -0.510. The van der Waals surface area contributed by atoms with Crippen molar-refractivity contribution in [2.45, 2.75) is 24.1 Å². The van der Waals surface area contributed by atoms with Gasteiger partial charge in [0.05, 0.1) is 6.10 Å². The average Bonchev–Trinajstić information content (AvgIpc) is 2.27. The van der Waals surface area contributed by atoms with Crippen molar-refractivity contribution in [3.8, 4) is 0 Å². The first-order valence-electron chi connectivity index (χ1n) is 4.78. The van der Waals surface area contributed by atoms with Gasteiger partial charge in [-0.05, 0) is 19.1 Å². The lowest BCUT2D eigenvalue weighted by atomic mass is 10.2. The van der Waals surface area contributed by atoms with E-state index in [1.807, 2.05) is 0 Å². The molecule has 0 aliphatic rings. The van der Waals surface area contributed by atoms with Crippen molar-refractivity contribution in [1.29, 1.82) is 0 Å². The van der Waals surface area contributed by atoms with Crippen molar-refractivity contribution >= 4 is 22.4 Å². The maximum Gasteiger partial charge on any atom is 0.258 e. The third kappa shape index (κ3) is 4.97. The van der Waals surface area contributed by atoms with E-state index >= 15 is 0 Å². The normalized spacial score (nSPS) is 14.8. The van der Waals surface area contributed by atoms with E-state index in [-0.39, 0.29) is 24.0 Å². The number of pyridine rings is 1. The van der Waals surface area contributed by atoms with Crippen molar-refractivity contribution in [3.05, 3.63) is 24.4 Å². The van der Waals surface area contributed by atoms with Gasteiger partial charge in [-0.2, -0.15) is 0 Å². The number of hydrogen-bond acceptors (Lipinski definition) is 5. The molecule has 0 fully saturated rings. The van der Waals surface area contributed by atoms with Crippen molar-refractivity contribution in [1.82, 2.24) is 9.71 Å². The van der Waals surface area contributed by atoms with E-state index in [1.165, 1.54) is 12.3 Å². The minimum absolute atomic E-state index is 0. The quantitative estimate of drug-likeness (QED) is 0.674. The Morgan fingerprint density at radius 1 is 1.53 bits per heavy atom. The van der Waals surface area contributed by atoms with Gasteiger partial charge < -0.3 is 10.8 Å². The van der Waals surface area contributed by atoms with E-state index < -0.39 is 22.2 Å². The summed E-state index contributed by atoms with van der Waals surface area (Å²) in [6, 6.07) is 4.08. The maximum atomic E-state index is 11.6. The molecule has 1 aromatic rings. The first-order valence-corrected chi connectivity index (χ1v) is 6.26. The molecule has 6 nitrogen and oxygen atoms in total. The van der Waals surface area contributed by atoms with Crippen LogP contribution in [0.15, 0.2) is 29.4 Å². The fraction of sp³-hybridized carbons (Fsp3) is 0.444. The van der Waals surface area contributed by atoms with Crippen LogP contribution in [0.25, 0.3) is 0 Å². The summed E-state index contributed by atoms with van der Waals surface area (Å²) in [5.41, 5.74) is 5.40. The average molecular weight is 282 g/mol. The van der Waals surface area contributed by atoms with Gasteiger partial charge in [-0.1, -0.05) is 6.07 Å². The third-order valence-electron chi connectivity index (χ3n) is 2.00. The second-order valence-corrected chi connectivity index (χ2v) is 5.16. The van der Waals surface area contributed by atoms with Crippen molar-refractivity contribution in [2.24, 2.45) is 5.73 Å². The van der Waals surface area contributed by atoms with E-state index in [0.717, 1.165) is 0 Å². The lowest BCUT2D eigenvalue weighted by molar-refractivity contribution is 0.155. The fourth-order valence-electron chi connectivity index (χ4n) is 0.961. The van der Waals surface area contributed by atoms with Gasteiger partial charge in [0.15, 0.2) is 5.03 Å². The van der Waals surface area contributed by atoms with Gasteiger partial charge in [0.1, 0.15) is 0 Å². The SMILES string of the molecule is C[C@H](N)[C@@H](O)CNS(=O)(=O)c1ccccn1.Cl. The highest BCUT2D eigenvalue weighted by Gasteiger charge is 2.18. The second kappa shape index (κ2) is 6.87. The van der Waals surface area contributed by atoms with E-state index in [4.69, 9.17) is 5.73 Å². The molecule has 0 spiro atoms. The molecule has 0 saturated carbocycles. The summed E-state index contributed by atoms with van der Waals surface area (Å²) in [6.45, 7) is 1.47. The highest BCUT2D eigenvalue weighted by atomic mass is 35.5. The molecular formula is C9H16ClN3O3S. The molecule has 1 heterocycles. The number of sulfonamides is 1. The van der Waals surface area contributed by atoms with Crippen LogP contribution in [0.4, 0.5) is 0 Å². The molecule has 0 unspecified atom stereocenters. The molecule has 0 radical (unpaired) electrons. The number of hydrogen-bond donors (Lipinski definition) is 3. The van der Waals surface area contributed by atoms with Crippen LogP contribution < -0.4 is 10.5 Å². The van der Waals surface area contributed by atoms with Crippen molar-refractivity contribution < 1.29 is 13.5 Å². The Kier molecular flexibility index (Phi) is 6.58. The topological polar surface area (TPSA) is 105 Å². The Morgan fingerprint density at radius 3 is 2.65 bits per heavy atom. The molecule has 2 atom stereocenters. The minimum Gasteiger partial charge on any atom is -0.390 e. The lowest BCUT2D eigenvalue weighted by Crippen LogP contribution is -2.41. The Balaban J connectivity index is 0.00000256. The Morgan fingerprint density at radius 2 is 2.18 bits per heavy atom. The largest absolute Gasteiger partial charge is 0.390 e. The molecule has 0 saturated heterocycles. The molecule has 8 heteroatoms. The highest BCUT2D eigenvalue weighted by Crippen LogP contribution is 2.03. The number of aromatic nitrogens is 1. The summed E-state index contributed by atoms with van der Waals surface area (Å²) in [5.74, 6) is 0. The van der Waals surface area contributed by atoms with Gasteiger partial charge in [-0.15, -0.1) is 12.4 Å². The summed E-state index contributed by atoms with van der Waals surface area (Å²) in [6.07, 6.45) is 0.467. The number of nitrogens with one attached hydrogen (secondary N) is 1. The Hall–Kier alpha value is -0.730. The zero-order chi connectivity index (χ0) is 12.2. The molecule has 4 N–H and O–H groups in total. The minimum atomic E-state index is -3.67. The Bertz CT molecular complexity index is 424. The molecule has 0 amide bonds. The maximum absolute atomic E-state index is 11.6. The van der Waals surface area contributed by atoms with Gasteiger partial charge >= 0.3 is 0 Å². The number of aliphatic hydroxyl groups excluding tert-OH is 1. The van der Waals surface area contributed by atoms with Gasteiger partial charge in [0.2, 0.25) is 0 Å². The first-order chi connectivity index (χ1) is 7.43. The van der Waals surface area contributed by atoms with Crippen LogP contribution in [0.5, 0.6) is 0 Å². The van der Waals surface area contributed by atoms with E-state index in [0.29, 0.717) is 0 Å². The molecule has 98 valence electrons. The zero-order valence-corrected chi connectivity index (χ0v) is 10.9. The molecule has 0 aliphatic heterocycles. The van der Waals surface area contributed by atoms with Crippen LogP contribution in [0.3, 0.4) is 0 Å². The van der Waals surface area contributed by atoms with Crippen LogP contribution in [0.2, 0.25) is 0 Å². The van der Waals surface area contributed by atoms with Crippen LogP contribution in [0.1, 0.15) is 6.92 Å². The molecular weight excluding hydrogens is 266 g/mol. The van der Waals surface area contributed by atoms with Gasteiger partial charge in [0.25, 0.3) is 10.0 Å². The molecule has 1 rings (SSSR count). The van der Waals surface area contributed by atoms with Crippen LogP contribution in [-0.2, 0) is 10.0 Å². The first kappa shape index (κ1) is 16.3. The van der Waals surface area contributed by atoms with E-state index in [2.05, 4.69) is 9.71 Å². The van der Waals surface area contributed by atoms with Gasteiger partial charge in [0, 0.05) is 18.8 Å². The number of aliphatic hydroxyl groups is 1. The number of halogens is 1. The zero-order valence-electron chi connectivity index (χ0n) is 9.28. The summed E-state index contributed by atoms with van der Waals surface area (Å²) < 4.78 is 25.5.